The third kappa shape index (κ3) is 3.66. The first-order chi connectivity index (χ1) is 17.3. The number of aromatic nitrogens is 2. The Bertz CT molecular complexity index is 1830. The van der Waals surface area contributed by atoms with Crippen molar-refractivity contribution in [1.82, 2.24) is 9.97 Å². The SMILES string of the molecule is c1ccc(-c2nc(Nc3cccc(-c4ccc5ccsc5c4)c3)nc3c2sc2ccccc23)cc1. The van der Waals surface area contributed by atoms with Gasteiger partial charge < -0.3 is 5.32 Å². The van der Waals surface area contributed by atoms with Gasteiger partial charge in [-0.2, -0.15) is 0 Å². The van der Waals surface area contributed by atoms with Crippen LogP contribution < -0.4 is 5.32 Å². The van der Waals surface area contributed by atoms with Crippen LogP contribution in [0.5, 0.6) is 0 Å². The number of benzene rings is 4. The Balaban J connectivity index is 1.34. The van der Waals surface area contributed by atoms with E-state index >= 15 is 0 Å². The zero-order valence-electron chi connectivity index (χ0n) is 18.6. The summed E-state index contributed by atoms with van der Waals surface area (Å²) < 4.78 is 3.63. The highest BCUT2D eigenvalue weighted by Gasteiger charge is 2.15. The van der Waals surface area contributed by atoms with Crippen molar-refractivity contribution in [3.05, 3.63) is 109 Å². The Morgan fingerprint density at radius 3 is 2.40 bits per heavy atom. The number of thiophene rings is 2. The first-order valence-electron chi connectivity index (χ1n) is 11.4. The van der Waals surface area contributed by atoms with Gasteiger partial charge >= 0.3 is 0 Å². The molecule has 0 saturated heterocycles. The fraction of sp³-hybridized carbons (Fsp3) is 0. The van der Waals surface area contributed by atoms with Crippen LogP contribution in [0.2, 0.25) is 0 Å². The van der Waals surface area contributed by atoms with Crippen molar-refractivity contribution in [2.24, 2.45) is 0 Å². The molecule has 7 rings (SSSR count). The van der Waals surface area contributed by atoms with Crippen LogP contribution in [0.25, 0.3) is 52.8 Å². The van der Waals surface area contributed by atoms with Crippen molar-refractivity contribution < 1.29 is 0 Å². The molecule has 0 unspecified atom stereocenters. The Hall–Kier alpha value is -4.06. The largest absolute Gasteiger partial charge is 0.324 e. The second kappa shape index (κ2) is 8.31. The van der Waals surface area contributed by atoms with Gasteiger partial charge in [-0.15, -0.1) is 22.7 Å². The Morgan fingerprint density at radius 2 is 1.46 bits per heavy atom. The van der Waals surface area contributed by atoms with Gasteiger partial charge in [0.25, 0.3) is 0 Å². The van der Waals surface area contributed by atoms with E-state index in [1.165, 1.54) is 20.3 Å². The maximum Gasteiger partial charge on any atom is 0.228 e. The van der Waals surface area contributed by atoms with Crippen LogP contribution in [-0.4, -0.2) is 9.97 Å². The van der Waals surface area contributed by atoms with Crippen LogP contribution in [0.3, 0.4) is 0 Å². The van der Waals surface area contributed by atoms with E-state index in [0.717, 1.165) is 38.1 Å². The average Bonchev–Trinajstić information content (AvgIpc) is 3.53. The molecule has 5 heteroatoms. The lowest BCUT2D eigenvalue weighted by Crippen LogP contribution is -1.99. The highest BCUT2D eigenvalue weighted by Crippen LogP contribution is 2.39. The van der Waals surface area contributed by atoms with Crippen molar-refractivity contribution in [3.8, 4) is 22.4 Å². The van der Waals surface area contributed by atoms with Gasteiger partial charge in [0, 0.05) is 26.0 Å². The summed E-state index contributed by atoms with van der Waals surface area (Å²) >= 11 is 3.52. The molecule has 0 aliphatic heterocycles. The molecule has 0 saturated carbocycles. The molecule has 166 valence electrons. The smallest absolute Gasteiger partial charge is 0.228 e. The minimum atomic E-state index is 0.603. The predicted octanol–water partition coefficient (Wildman–Crippen LogP) is 9.14. The number of nitrogens with one attached hydrogen (secondary N) is 1. The number of nitrogens with zero attached hydrogens (tertiary/aromatic N) is 2. The maximum atomic E-state index is 4.99. The summed E-state index contributed by atoms with van der Waals surface area (Å²) in [5.41, 5.74) is 6.36. The summed E-state index contributed by atoms with van der Waals surface area (Å²) in [5.74, 6) is 0.603. The topological polar surface area (TPSA) is 37.8 Å². The van der Waals surface area contributed by atoms with Crippen LogP contribution in [0.15, 0.2) is 109 Å². The zero-order valence-corrected chi connectivity index (χ0v) is 20.2. The fourth-order valence-corrected chi connectivity index (χ4v) is 6.46. The molecule has 3 heterocycles. The minimum Gasteiger partial charge on any atom is -0.324 e. The molecular weight excluding hydrogens is 466 g/mol. The molecule has 0 aliphatic carbocycles. The van der Waals surface area contributed by atoms with E-state index in [-0.39, 0.29) is 0 Å². The molecule has 4 aromatic carbocycles. The quantitative estimate of drug-likeness (QED) is 0.270. The normalized spacial score (nSPS) is 11.4. The zero-order chi connectivity index (χ0) is 23.2. The van der Waals surface area contributed by atoms with Crippen molar-refractivity contribution in [1.29, 1.82) is 0 Å². The predicted molar refractivity (Wildman–Crippen MR) is 151 cm³/mol. The van der Waals surface area contributed by atoms with Crippen molar-refractivity contribution in [2.45, 2.75) is 0 Å². The van der Waals surface area contributed by atoms with E-state index in [9.17, 15) is 0 Å². The molecule has 0 bridgehead atoms. The first kappa shape index (κ1) is 20.3. The Kier molecular flexibility index (Phi) is 4.82. The molecule has 0 amide bonds. The monoisotopic (exact) mass is 485 g/mol. The molecule has 0 radical (unpaired) electrons. The highest BCUT2D eigenvalue weighted by atomic mass is 32.1. The Morgan fingerprint density at radius 1 is 0.629 bits per heavy atom. The maximum absolute atomic E-state index is 4.99. The van der Waals surface area contributed by atoms with Crippen LogP contribution in [0, 0.1) is 0 Å². The molecule has 0 spiro atoms. The number of anilines is 2. The molecule has 1 N–H and O–H groups in total. The van der Waals surface area contributed by atoms with Gasteiger partial charge in [-0.1, -0.05) is 72.8 Å². The van der Waals surface area contributed by atoms with Gasteiger partial charge in [0.1, 0.15) is 0 Å². The highest BCUT2D eigenvalue weighted by molar-refractivity contribution is 7.26. The van der Waals surface area contributed by atoms with E-state index in [1.54, 1.807) is 22.7 Å². The molecule has 0 fully saturated rings. The second-order valence-corrected chi connectivity index (χ2v) is 10.4. The summed E-state index contributed by atoms with van der Waals surface area (Å²) in [6.45, 7) is 0. The summed E-state index contributed by atoms with van der Waals surface area (Å²) in [6, 6.07) is 36.0. The van der Waals surface area contributed by atoms with E-state index in [4.69, 9.17) is 9.97 Å². The van der Waals surface area contributed by atoms with Gasteiger partial charge in [-0.25, -0.2) is 9.97 Å². The van der Waals surface area contributed by atoms with Gasteiger partial charge in [-0.3, -0.25) is 0 Å². The standard InChI is InChI=1S/C30H19N3S2/c1-2-7-20(8-3-1)27-29-28(24-11-4-5-12-25(24)35-29)33-30(32-27)31-23-10-6-9-21(17-23)22-14-13-19-15-16-34-26(19)18-22/h1-18H,(H,31,32,33). The third-order valence-electron chi connectivity index (χ3n) is 6.18. The molecule has 35 heavy (non-hydrogen) atoms. The molecule has 3 nitrogen and oxygen atoms in total. The van der Waals surface area contributed by atoms with Crippen molar-refractivity contribution >= 4 is 64.7 Å². The number of rotatable bonds is 4. The minimum absolute atomic E-state index is 0.603. The lowest BCUT2D eigenvalue weighted by atomic mass is 10.0. The lowest BCUT2D eigenvalue weighted by Gasteiger charge is -2.10. The van der Waals surface area contributed by atoms with E-state index in [2.05, 4.69) is 108 Å². The molecule has 3 aromatic heterocycles. The Labute approximate surface area is 210 Å². The molecule has 7 aromatic rings. The van der Waals surface area contributed by atoms with Gasteiger partial charge in [0.2, 0.25) is 5.95 Å². The van der Waals surface area contributed by atoms with Crippen LogP contribution in [0.1, 0.15) is 0 Å². The van der Waals surface area contributed by atoms with Crippen LogP contribution >= 0.6 is 22.7 Å². The van der Waals surface area contributed by atoms with Crippen LogP contribution in [-0.2, 0) is 0 Å². The third-order valence-corrected chi connectivity index (χ3v) is 8.22. The van der Waals surface area contributed by atoms with Crippen molar-refractivity contribution in [2.75, 3.05) is 5.32 Å². The number of hydrogen-bond acceptors (Lipinski definition) is 5. The number of hydrogen-bond donors (Lipinski definition) is 1. The van der Waals surface area contributed by atoms with Crippen LogP contribution in [0.4, 0.5) is 11.6 Å². The molecule has 0 aliphatic rings. The summed E-state index contributed by atoms with van der Waals surface area (Å²) in [4.78, 5) is 9.96. The van der Waals surface area contributed by atoms with E-state index in [0.29, 0.717) is 5.95 Å². The van der Waals surface area contributed by atoms with Gasteiger partial charge in [-0.05, 0) is 52.2 Å². The lowest BCUT2D eigenvalue weighted by molar-refractivity contribution is 1.22. The summed E-state index contributed by atoms with van der Waals surface area (Å²) in [7, 11) is 0. The second-order valence-electron chi connectivity index (χ2n) is 8.42. The molecule has 0 atom stereocenters. The van der Waals surface area contributed by atoms with Gasteiger partial charge in [0.05, 0.1) is 15.9 Å². The number of fused-ring (bicyclic) bond motifs is 4. The summed E-state index contributed by atoms with van der Waals surface area (Å²) in [6.07, 6.45) is 0. The molecular formula is C30H19N3S2. The summed E-state index contributed by atoms with van der Waals surface area (Å²) in [5, 5.41) is 8.07. The van der Waals surface area contributed by atoms with Crippen molar-refractivity contribution in [3.63, 3.8) is 0 Å². The fourth-order valence-electron chi connectivity index (χ4n) is 4.48. The van der Waals surface area contributed by atoms with E-state index < -0.39 is 0 Å². The average molecular weight is 486 g/mol. The first-order valence-corrected chi connectivity index (χ1v) is 13.1. The van der Waals surface area contributed by atoms with E-state index in [1.807, 2.05) is 6.07 Å². The van der Waals surface area contributed by atoms with Gasteiger partial charge in [0.15, 0.2) is 0 Å².